The average Bonchev–Trinajstić information content (AvgIpc) is 2.81. The van der Waals surface area contributed by atoms with Crippen LogP contribution in [0.5, 0.6) is 0 Å². The van der Waals surface area contributed by atoms with E-state index in [4.69, 9.17) is 10.7 Å². The maximum atomic E-state index is 6.05. The number of hydrogen-bond donors (Lipinski definition) is 1. The largest absolute Gasteiger partial charge is 0.326 e. The summed E-state index contributed by atoms with van der Waals surface area (Å²) in [5.41, 5.74) is 6.05. The molecule has 1 aromatic heterocycles. The standard InChI is InChI=1S/C15H26N4/c1-11-9-13(16)10-19-15(11)17-14(18-19)8-7-12-5-3-2-4-6-12/h11-13H,2-10,16H2,1H3. The summed E-state index contributed by atoms with van der Waals surface area (Å²) in [5.74, 6) is 3.57. The molecule has 0 saturated heterocycles. The number of hydrogen-bond acceptors (Lipinski definition) is 3. The van der Waals surface area contributed by atoms with E-state index in [9.17, 15) is 0 Å². The molecule has 2 heterocycles. The van der Waals surface area contributed by atoms with Gasteiger partial charge < -0.3 is 5.73 Å². The minimum absolute atomic E-state index is 0.246. The first kappa shape index (κ1) is 13.1. The van der Waals surface area contributed by atoms with E-state index in [2.05, 4.69) is 16.7 Å². The second-order valence-corrected chi connectivity index (χ2v) is 6.51. The molecule has 2 atom stereocenters. The summed E-state index contributed by atoms with van der Waals surface area (Å²) in [6.07, 6.45) is 10.5. The van der Waals surface area contributed by atoms with E-state index in [-0.39, 0.29) is 6.04 Å². The lowest BCUT2D eigenvalue weighted by Gasteiger charge is -2.23. The Morgan fingerprint density at radius 3 is 2.84 bits per heavy atom. The Kier molecular flexibility index (Phi) is 3.87. The van der Waals surface area contributed by atoms with Gasteiger partial charge in [-0.25, -0.2) is 9.67 Å². The smallest absolute Gasteiger partial charge is 0.150 e. The molecule has 2 N–H and O–H groups in total. The second-order valence-electron chi connectivity index (χ2n) is 6.51. The highest BCUT2D eigenvalue weighted by molar-refractivity contribution is 5.04. The van der Waals surface area contributed by atoms with E-state index >= 15 is 0 Å². The summed E-state index contributed by atoms with van der Waals surface area (Å²) in [6, 6.07) is 0.246. The van der Waals surface area contributed by atoms with E-state index in [1.807, 2.05) is 0 Å². The Bertz CT molecular complexity index is 420. The molecule has 0 radical (unpaired) electrons. The number of nitrogens with zero attached hydrogens (tertiary/aromatic N) is 3. The molecule has 0 amide bonds. The molecule has 4 heteroatoms. The Morgan fingerprint density at radius 1 is 1.26 bits per heavy atom. The van der Waals surface area contributed by atoms with Crippen molar-refractivity contribution < 1.29 is 0 Å². The van der Waals surface area contributed by atoms with Gasteiger partial charge in [-0.3, -0.25) is 0 Å². The lowest BCUT2D eigenvalue weighted by Crippen LogP contribution is -2.34. The molecule has 0 bridgehead atoms. The van der Waals surface area contributed by atoms with Gasteiger partial charge in [-0.15, -0.1) is 0 Å². The van der Waals surface area contributed by atoms with Crippen molar-refractivity contribution in [1.82, 2.24) is 14.8 Å². The van der Waals surface area contributed by atoms with Crippen LogP contribution in [0.4, 0.5) is 0 Å². The van der Waals surface area contributed by atoms with Crippen molar-refractivity contribution in [3.05, 3.63) is 11.6 Å². The third-order valence-corrected chi connectivity index (χ3v) is 4.75. The predicted molar refractivity (Wildman–Crippen MR) is 75.9 cm³/mol. The van der Waals surface area contributed by atoms with Crippen LogP contribution < -0.4 is 5.73 Å². The molecule has 1 aromatic rings. The van der Waals surface area contributed by atoms with Crippen LogP contribution in [0.25, 0.3) is 0 Å². The molecular weight excluding hydrogens is 236 g/mol. The van der Waals surface area contributed by atoms with E-state index in [0.717, 1.165) is 37.0 Å². The fourth-order valence-electron chi connectivity index (χ4n) is 3.67. The molecule has 1 fully saturated rings. The van der Waals surface area contributed by atoms with Crippen LogP contribution in [0.2, 0.25) is 0 Å². The predicted octanol–water partition coefficient (Wildman–Crippen LogP) is 2.63. The van der Waals surface area contributed by atoms with Crippen LogP contribution in [-0.2, 0) is 13.0 Å². The van der Waals surface area contributed by atoms with E-state index in [0.29, 0.717) is 5.92 Å². The lowest BCUT2D eigenvalue weighted by molar-refractivity contribution is 0.337. The van der Waals surface area contributed by atoms with Crippen LogP contribution in [0.3, 0.4) is 0 Å². The van der Waals surface area contributed by atoms with Crippen molar-refractivity contribution in [1.29, 1.82) is 0 Å². The van der Waals surface area contributed by atoms with Crippen molar-refractivity contribution in [3.63, 3.8) is 0 Å². The maximum absolute atomic E-state index is 6.05. The molecule has 2 unspecified atom stereocenters. The van der Waals surface area contributed by atoms with Gasteiger partial charge in [0, 0.05) is 18.4 Å². The summed E-state index contributed by atoms with van der Waals surface area (Å²) in [6.45, 7) is 3.06. The second kappa shape index (κ2) is 5.61. The molecule has 1 aliphatic carbocycles. The van der Waals surface area contributed by atoms with Crippen molar-refractivity contribution in [3.8, 4) is 0 Å². The minimum atomic E-state index is 0.246. The Hall–Kier alpha value is -0.900. The summed E-state index contributed by atoms with van der Waals surface area (Å²) in [5, 5.41) is 4.66. The summed E-state index contributed by atoms with van der Waals surface area (Å²) in [7, 11) is 0. The van der Waals surface area contributed by atoms with Gasteiger partial charge in [-0.1, -0.05) is 39.0 Å². The zero-order valence-corrected chi connectivity index (χ0v) is 12.0. The number of aryl methyl sites for hydroxylation is 1. The lowest BCUT2D eigenvalue weighted by atomic mass is 9.86. The van der Waals surface area contributed by atoms with Gasteiger partial charge in [-0.2, -0.15) is 5.10 Å². The fraction of sp³-hybridized carbons (Fsp3) is 0.867. The topological polar surface area (TPSA) is 56.7 Å². The summed E-state index contributed by atoms with van der Waals surface area (Å²) < 4.78 is 2.05. The first-order valence-corrected chi connectivity index (χ1v) is 7.91. The van der Waals surface area contributed by atoms with E-state index < -0.39 is 0 Å². The summed E-state index contributed by atoms with van der Waals surface area (Å²) in [4.78, 5) is 4.75. The van der Waals surface area contributed by atoms with Gasteiger partial charge in [0.2, 0.25) is 0 Å². The highest BCUT2D eigenvalue weighted by atomic mass is 15.4. The van der Waals surface area contributed by atoms with Gasteiger partial charge in [-0.05, 0) is 18.8 Å². The van der Waals surface area contributed by atoms with Crippen LogP contribution in [0, 0.1) is 5.92 Å². The third-order valence-electron chi connectivity index (χ3n) is 4.75. The molecule has 1 saturated carbocycles. The first-order chi connectivity index (χ1) is 9.22. The highest BCUT2D eigenvalue weighted by Crippen LogP contribution is 2.28. The number of rotatable bonds is 3. The third kappa shape index (κ3) is 2.99. The van der Waals surface area contributed by atoms with Gasteiger partial charge in [0.1, 0.15) is 5.82 Å². The van der Waals surface area contributed by atoms with Crippen LogP contribution >= 0.6 is 0 Å². The minimum Gasteiger partial charge on any atom is -0.326 e. The van der Waals surface area contributed by atoms with Crippen molar-refractivity contribution in [2.45, 2.75) is 76.8 Å². The van der Waals surface area contributed by atoms with Crippen molar-refractivity contribution in [2.24, 2.45) is 11.7 Å². The summed E-state index contributed by atoms with van der Waals surface area (Å²) >= 11 is 0. The molecule has 1 aliphatic heterocycles. The number of fused-ring (bicyclic) bond motifs is 1. The van der Waals surface area contributed by atoms with Crippen LogP contribution in [0.1, 0.15) is 69.4 Å². The first-order valence-electron chi connectivity index (χ1n) is 7.91. The number of nitrogens with two attached hydrogens (primary N) is 1. The van der Waals surface area contributed by atoms with Crippen molar-refractivity contribution >= 4 is 0 Å². The SMILES string of the molecule is CC1CC(N)Cn2nc(CCC3CCCCC3)nc21. The van der Waals surface area contributed by atoms with Crippen LogP contribution in [-0.4, -0.2) is 20.8 Å². The molecule has 0 aromatic carbocycles. The average molecular weight is 262 g/mol. The fourth-order valence-corrected chi connectivity index (χ4v) is 3.67. The highest BCUT2D eigenvalue weighted by Gasteiger charge is 2.25. The molecule has 4 nitrogen and oxygen atoms in total. The van der Waals surface area contributed by atoms with Gasteiger partial charge >= 0.3 is 0 Å². The monoisotopic (exact) mass is 262 g/mol. The Labute approximate surface area is 115 Å². The van der Waals surface area contributed by atoms with E-state index in [1.165, 1.54) is 38.5 Å². The zero-order chi connectivity index (χ0) is 13.2. The van der Waals surface area contributed by atoms with Crippen LogP contribution in [0.15, 0.2) is 0 Å². The zero-order valence-electron chi connectivity index (χ0n) is 12.0. The molecule has 106 valence electrons. The normalized spacial score (nSPS) is 28.3. The van der Waals surface area contributed by atoms with Crippen molar-refractivity contribution in [2.75, 3.05) is 0 Å². The van der Waals surface area contributed by atoms with E-state index in [1.54, 1.807) is 0 Å². The molecular formula is C15H26N4. The molecule has 19 heavy (non-hydrogen) atoms. The number of aromatic nitrogens is 3. The van der Waals surface area contributed by atoms with Gasteiger partial charge in [0.15, 0.2) is 5.82 Å². The van der Waals surface area contributed by atoms with Gasteiger partial charge in [0.05, 0.1) is 6.54 Å². The maximum Gasteiger partial charge on any atom is 0.150 e. The molecule has 3 rings (SSSR count). The Balaban J connectivity index is 1.61. The molecule has 0 spiro atoms. The quantitative estimate of drug-likeness (QED) is 0.911. The van der Waals surface area contributed by atoms with Gasteiger partial charge in [0.25, 0.3) is 0 Å². The Morgan fingerprint density at radius 2 is 2.05 bits per heavy atom. The molecule has 2 aliphatic rings.